The lowest BCUT2D eigenvalue weighted by Crippen LogP contribution is -2.44. The molecule has 2 unspecified atom stereocenters. The third kappa shape index (κ3) is 19.9. The van der Waals surface area contributed by atoms with Crippen LogP contribution in [0.4, 0.5) is 0 Å². The molecular formula is C29H61NO3P+. The third-order valence-corrected chi connectivity index (χ3v) is 8.98. The summed E-state index contributed by atoms with van der Waals surface area (Å²) in [5.41, 5.74) is 0. The van der Waals surface area contributed by atoms with E-state index in [9.17, 15) is 9.46 Å². The highest BCUT2D eigenvalue weighted by Gasteiger charge is 2.42. The Morgan fingerprint density at radius 1 is 0.676 bits per heavy atom. The van der Waals surface area contributed by atoms with Crippen LogP contribution in [0.5, 0.6) is 0 Å². The van der Waals surface area contributed by atoms with E-state index < -0.39 is 7.60 Å². The summed E-state index contributed by atoms with van der Waals surface area (Å²) >= 11 is 0. The molecule has 1 N–H and O–H groups in total. The van der Waals surface area contributed by atoms with Gasteiger partial charge in [0, 0.05) is 6.42 Å². The third-order valence-electron chi connectivity index (χ3n) is 6.85. The van der Waals surface area contributed by atoms with Gasteiger partial charge in [0.15, 0.2) is 0 Å². The highest BCUT2D eigenvalue weighted by atomic mass is 31.2. The molecule has 0 aromatic carbocycles. The zero-order valence-corrected chi connectivity index (χ0v) is 24.6. The van der Waals surface area contributed by atoms with Crippen molar-refractivity contribution >= 4 is 7.60 Å². The van der Waals surface area contributed by atoms with Crippen LogP contribution in [-0.4, -0.2) is 36.3 Å². The van der Waals surface area contributed by atoms with Crippen molar-refractivity contribution in [3.63, 3.8) is 0 Å². The van der Waals surface area contributed by atoms with Gasteiger partial charge in [-0.05, 0) is 25.3 Å². The number of allylic oxidation sites excluding steroid dienone is 1. The van der Waals surface area contributed by atoms with E-state index in [0.717, 1.165) is 19.3 Å². The molecule has 0 radical (unpaired) electrons. The van der Waals surface area contributed by atoms with Crippen molar-refractivity contribution in [1.29, 1.82) is 0 Å². The van der Waals surface area contributed by atoms with Crippen molar-refractivity contribution in [1.82, 2.24) is 0 Å². The number of hydrogen-bond acceptors (Lipinski definition) is 2. The van der Waals surface area contributed by atoms with Gasteiger partial charge in [0.1, 0.15) is 0 Å². The minimum atomic E-state index is -3.65. The summed E-state index contributed by atoms with van der Waals surface area (Å²) in [5, 5.41) is 0. The maximum absolute atomic E-state index is 12.6. The van der Waals surface area contributed by atoms with Crippen molar-refractivity contribution in [2.75, 3.05) is 21.1 Å². The van der Waals surface area contributed by atoms with Gasteiger partial charge in [0.25, 0.3) is 0 Å². The second-order valence-electron chi connectivity index (χ2n) is 11.2. The molecule has 0 saturated heterocycles. The zero-order chi connectivity index (χ0) is 25.5. The molecule has 5 heteroatoms. The summed E-state index contributed by atoms with van der Waals surface area (Å²) in [4.78, 5) is 10.4. The van der Waals surface area contributed by atoms with Crippen molar-refractivity contribution in [2.24, 2.45) is 0 Å². The van der Waals surface area contributed by atoms with E-state index in [2.05, 4.69) is 6.92 Å². The highest BCUT2D eigenvalue weighted by Crippen LogP contribution is 2.52. The van der Waals surface area contributed by atoms with Crippen molar-refractivity contribution in [3.8, 4) is 0 Å². The standard InChI is InChI=1S/C29H60NO3P/c1-6-8-9-10-11-12-13-14-15-16-17-18-19-20-21-22-23-24-25-26-28-33-34(31,32)29(27-7-2)30(3,4)5/h26,28-29H,6-25,27H2,1-5H3/p+1. The average molecular weight is 503 g/mol. The number of hydrogen-bond donors (Lipinski definition) is 1. The smallest absolute Gasteiger partial charge is 0.429 e. The van der Waals surface area contributed by atoms with E-state index in [1.165, 1.54) is 115 Å². The van der Waals surface area contributed by atoms with E-state index in [-0.39, 0.29) is 5.78 Å². The summed E-state index contributed by atoms with van der Waals surface area (Å²) in [7, 11) is 2.21. The maximum Gasteiger partial charge on any atom is 0.433 e. The molecule has 0 aliphatic carbocycles. The van der Waals surface area contributed by atoms with E-state index in [1.54, 1.807) is 0 Å². The van der Waals surface area contributed by atoms with Crippen LogP contribution >= 0.6 is 7.60 Å². The lowest BCUT2D eigenvalue weighted by Gasteiger charge is -2.35. The van der Waals surface area contributed by atoms with Gasteiger partial charge in [-0.1, -0.05) is 123 Å². The van der Waals surface area contributed by atoms with Gasteiger partial charge in [0.05, 0.1) is 27.4 Å². The summed E-state index contributed by atoms with van der Waals surface area (Å²) in [6.07, 6.45) is 30.7. The first-order valence-corrected chi connectivity index (χ1v) is 16.4. The van der Waals surface area contributed by atoms with Crippen LogP contribution in [0.15, 0.2) is 12.3 Å². The first kappa shape index (κ1) is 33.7. The summed E-state index contributed by atoms with van der Waals surface area (Å²) < 4.78 is 18.4. The molecule has 0 aromatic rings. The monoisotopic (exact) mass is 502 g/mol. The van der Waals surface area contributed by atoms with E-state index in [1.807, 2.05) is 34.1 Å². The Hall–Kier alpha value is -0.310. The molecule has 0 aliphatic heterocycles. The normalized spacial score (nSPS) is 15.0. The average Bonchev–Trinajstić information content (AvgIpc) is 2.77. The number of unbranched alkanes of at least 4 members (excludes halogenated alkanes) is 18. The van der Waals surface area contributed by atoms with E-state index in [4.69, 9.17) is 4.52 Å². The van der Waals surface area contributed by atoms with Crippen molar-refractivity contribution < 1.29 is 18.5 Å². The molecule has 0 saturated carbocycles. The molecule has 0 bridgehead atoms. The molecule has 0 amide bonds. The number of quaternary nitrogens is 1. The molecule has 34 heavy (non-hydrogen) atoms. The Bertz CT molecular complexity index is 516. The van der Waals surface area contributed by atoms with Crippen LogP contribution in [0, 0.1) is 0 Å². The largest absolute Gasteiger partial charge is 0.433 e. The van der Waals surface area contributed by atoms with Gasteiger partial charge in [-0.25, -0.2) is 4.57 Å². The molecule has 2 atom stereocenters. The Morgan fingerprint density at radius 3 is 1.41 bits per heavy atom. The van der Waals surface area contributed by atoms with Gasteiger partial charge in [-0.2, -0.15) is 0 Å². The molecule has 4 nitrogen and oxygen atoms in total. The Balaban J connectivity index is 3.51. The molecule has 0 aromatic heterocycles. The lowest BCUT2D eigenvalue weighted by molar-refractivity contribution is -0.883. The summed E-state index contributed by atoms with van der Waals surface area (Å²) in [5.74, 6) is -0.382. The SMILES string of the molecule is CCCCCCCCCCCCCCCCCCCCC=COP(=O)(O)C(CCC)[N+](C)(C)C. The fourth-order valence-electron chi connectivity index (χ4n) is 4.68. The number of rotatable bonds is 25. The highest BCUT2D eigenvalue weighted by molar-refractivity contribution is 7.53. The van der Waals surface area contributed by atoms with Crippen LogP contribution in [0.3, 0.4) is 0 Å². The molecular weight excluding hydrogens is 441 g/mol. The van der Waals surface area contributed by atoms with E-state index >= 15 is 0 Å². The predicted molar refractivity (Wildman–Crippen MR) is 150 cm³/mol. The lowest BCUT2D eigenvalue weighted by atomic mass is 10.0. The minimum Gasteiger partial charge on any atom is -0.429 e. The molecule has 0 aliphatic rings. The molecule has 0 fully saturated rings. The first-order chi connectivity index (χ1) is 16.3. The van der Waals surface area contributed by atoms with Crippen molar-refractivity contribution in [3.05, 3.63) is 12.3 Å². The van der Waals surface area contributed by atoms with Crippen molar-refractivity contribution in [2.45, 2.75) is 154 Å². The first-order valence-electron chi connectivity index (χ1n) is 14.7. The summed E-state index contributed by atoms with van der Waals surface area (Å²) in [6, 6.07) is 0. The fourth-order valence-corrected chi connectivity index (χ4v) is 6.54. The quantitative estimate of drug-likeness (QED) is 0.0584. The van der Waals surface area contributed by atoms with Crippen LogP contribution in [0.2, 0.25) is 0 Å². The van der Waals surface area contributed by atoms with Crippen LogP contribution in [0.1, 0.15) is 149 Å². The van der Waals surface area contributed by atoms with Crippen LogP contribution in [0.25, 0.3) is 0 Å². The molecule has 0 spiro atoms. The van der Waals surface area contributed by atoms with Crippen LogP contribution < -0.4 is 0 Å². The van der Waals surface area contributed by atoms with Gasteiger partial charge in [0.2, 0.25) is 5.78 Å². The van der Waals surface area contributed by atoms with E-state index in [0.29, 0.717) is 10.9 Å². The van der Waals surface area contributed by atoms with Gasteiger partial charge < -0.3 is 13.9 Å². The van der Waals surface area contributed by atoms with Gasteiger partial charge in [-0.15, -0.1) is 0 Å². The van der Waals surface area contributed by atoms with Crippen LogP contribution in [-0.2, 0) is 9.09 Å². The second kappa shape index (κ2) is 21.9. The summed E-state index contributed by atoms with van der Waals surface area (Å²) in [6.45, 7) is 4.33. The molecule has 0 rings (SSSR count). The topological polar surface area (TPSA) is 46.5 Å². The predicted octanol–water partition coefficient (Wildman–Crippen LogP) is 9.97. The molecule has 0 heterocycles. The Morgan fingerprint density at radius 2 is 1.06 bits per heavy atom. The van der Waals surface area contributed by atoms with Gasteiger partial charge in [-0.3, -0.25) is 0 Å². The zero-order valence-electron chi connectivity index (χ0n) is 23.7. The Labute approximate surface area is 214 Å². The minimum absolute atomic E-state index is 0.382. The maximum atomic E-state index is 12.6. The van der Waals surface area contributed by atoms with Gasteiger partial charge >= 0.3 is 7.60 Å². The second-order valence-corrected chi connectivity index (χ2v) is 13.2. The Kier molecular flexibility index (Phi) is 21.7. The number of nitrogens with zero attached hydrogens (tertiary/aromatic N) is 1. The molecule has 204 valence electrons. The fraction of sp³-hybridized carbons (Fsp3) is 0.931.